The lowest BCUT2D eigenvalue weighted by Gasteiger charge is -2.08. The second-order valence-electron chi connectivity index (χ2n) is 7.08. The van der Waals surface area contributed by atoms with Gasteiger partial charge in [0.25, 0.3) is 11.6 Å². The molecule has 178 valence electrons. The van der Waals surface area contributed by atoms with Crippen molar-refractivity contribution in [2.75, 3.05) is 11.9 Å². The SMILES string of the molecule is O=C(COc1ccc(/C=N\NC(=O)C(=O)Nc2ccc([N+](=O)[O-])cc2)cc1)NCc1ccccc1. The van der Waals surface area contributed by atoms with Crippen molar-refractivity contribution in [1.29, 1.82) is 0 Å². The Morgan fingerprint density at radius 3 is 2.26 bits per heavy atom. The Morgan fingerprint density at radius 2 is 1.60 bits per heavy atom. The summed E-state index contributed by atoms with van der Waals surface area (Å²) in [6.07, 6.45) is 1.33. The number of anilines is 1. The molecule has 0 aliphatic carbocycles. The number of hydrogen-bond acceptors (Lipinski definition) is 7. The first-order chi connectivity index (χ1) is 16.9. The lowest BCUT2D eigenvalue weighted by Crippen LogP contribution is -2.32. The quantitative estimate of drug-likeness (QED) is 0.187. The van der Waals surface area contributed by atoms with Gasteiger partial charge in [0.05, 0.1) is 11.1 Å². The highest BCUT2D eigenvalue weighted by Crippen LogP contribution is 2.15. The second kappa shape index (κ2) is 12.3. The number of nitrogens with one attached hydrogen (secondary N) is 3. The van der Waals surface area contributed by atoms with Gasteiger partial charge in [-0.25, -0.2) is 5.43 Å². The number of hydrogen-bond donors (Lipinski definition) is 3. The summed E-state index contributed by atoms with van der Waals surface area (Å²) in [5.41, 5.74) is 3.78. The number of carbonyl (C=O) groups is 3. The summed E-state index contributed by atoms with van der Waals surface area (Å²) >= 11 is 0. The first kappa shape index (κ1) is 24.6. The van der Waals surface area contributed by atoms with E-state index in [4.69, 9.17) is 4.74 Å². The van der Waals surface area contributed by atoms with Crippen LogP contribution in [0.3, 0.4) is 0 Å². The van der Waals surface area contributed by atoms with Gasteiger partial charge >= 0.3 is 11.8 Å². The van der Waals surface area contributed by atoms with Crippen LogP contribution in [-0.4, -0.2) is 35.5 Å². The van der Waals surface area contributed by atoms with Gasteiger partial charge in [-0.15, -0.1) is 0 Å². The van der Waals surface area contributed by atoms with Crippen LogP contribution in [0, 0.1) is 10.1 Å². The fourth-order valence-corrected chi connectivity index (χ4v) is 2.72. The molecule has 0 fully saturated rings. The van der Waals surface area contributed by atoms with E-state index in [0.717, 1.165) is 5.56 Å². The van der Waals surface area contributed by atoms with Crippen molar-refractivity contribution >= 4 is 35.3 Å². The van der Waals surface area contributed by atoms with Gasteiger partial charge in [-0.2, -0.15) is 5.10 Å². The number of carbonyl (C=O) groups excluding carboxylic acids is 3. The average molecular weight is 475 g/mol. The number of ether oxygens (including phenoxy) is 1. The Kier molecular flexibility index (Phi) is 8.60. The molecule has 0 spiro atoms. The Balaban J connectivity index is 1.39. The van der Waals surface area contributed by atoms with Crippen LogP contribution in [0.15, 0.2) is 84.0 Å². The van der Waals surface area contributed by atoms with E-state index in [-0.39, 0.29) is 23.9 Å². The van der Waals surface area contributed by atoms with Crippen molar-refractivity contribution in [2.45, 2.75) is 6.54 Å². The molecule has 0 aliphatic rings. The van der Waals surface area contributed by atoms with Crippen molar-refractivity contribution < 1.29 is 24.0 Å². The minimum Gasteiger partial charge on any atom is -0.484 e. The fraction of sp³-hybridized carbons (Fsp3) is 0.0833. The molecule has 0 radical (unpaired) electrons. The third-order valence-corrected chi connectivity index (χ3v) is 4.50. The van der Waals surface area contributed by atoms with Crippen LogP contribution < -0.4 is 20.8 Å². The van der Waals surface area contributed by atoms with Crippen molar-refractivity contribution in [2.24, 2.45) is 5.10 Å². The van der Waals surface area contributed by atoms with Gasteiger partial charge in [-0.05, 0) is 47.5 Å². The standard InChI is InChI=1S/C24H21N5O6/c30-22(25-14-17-4-2-1-3-5-17)16-35-21-12-6-18(7-13-21)15-26-28-24(32)23(31)27-19-8-10-20(11-9-19)29(33)34/h1-13,15H,14,16H2,(H,25,30)(H,27,31)(H,28,32)/b26-15-. The van der Waals surface area contributed by atoms with E-state index in [1.165, 1.54) is 30.5 Å². The molecule has 0 saturated heterocycles. The molecular formula is C24H21N5O6. The maximum atomic E-state index is 11.9. The van der Waals surface area contributed by atoms with E-state index < -0.39 is 16.7 Å². The Morgan fingerprint density at radius 1 is 0.914 bits per heavy atom. The molecule has 0 heterocycles. The number of non-ortho nitro benzene ring substituents is 1. The maximum absolute atomic E-state index is 11.9. The minimum atomic E-state index is -1.01. The molecule has 0 aromatic heterocycles. The fourth-order valence-electron chi connectivity index (χ4n) is 2.72. The Labute approximate surface area is 200 Å². The minimum absolute atomic E-state index is 0.139. The average Bonchev–Trinajstić information content (AvgIpc) is 2.87. The van der Waals surface area contributed by atoms with Gasteiger partial charge < -0.3 is 15.4 Å². The van der Waals surface area contributed by atoms with E-state index in [1.54, 1.807) is 24.3 Å². The van der Waals surface area contributed by atoms with Crippen LogP contribution in [0.4, 0.5) is 11.4 Å². The molecule has 3 N–H and O–H groups in total. The first-order valence-corrected chi connectivity index (χ1v) is 10.3. The third kappa shape index (κ3) is 8.09. The predicted octanol–water partition coefficient (Wildman–Crippen LogP) is 2.38. The van der Waals surface area contributed by atoms with Crippen LogP contribution in [0.5, 0.6) is 5.75 Å². The van der Waals surface area contributed by atoms with Gasteiger partial charge in [0.1, 0.15) is 5.75 Å². The lowest BCUT2D eigenvalue weighted by molar-refractivity contribution is -0.384. The van der Waals surface area contributed by atoms with E-state index in [2.05, 4.69) is 21.2 Å². The van der Waals surface area contributed by atoms with E-state index in [9.17, 15) is 24.5 Å². The van der Waals surface area contributed by atoms with Crippen LogP contribution in [-0.2, 0) is 20.9 Å². The normalized spacial score (nSPS) is 10.4. The monoisotopic (exact) mass is 475 g/mol. The summed E-state index contributed by atoms with van der Waals surface area (Å²) in [7, 11) is 0. The third-order valence-electron chi connectivity index (χ3n) is 4.50. The molecule has 0 bridgehead atoms. The number of nitro groups is 1. The van der Waals surface area contributed by atoms with Crippen LogP contribution in [0.2, 0.25) is 0 Å². The molecule has 11 heteroatoms. The summed E-state index contributed by atoms with van der Waals surface area (Å²) in [6, 6.07) is 21.1. The van der Waals surface area contributed by atoms with Gasteiger partial charge in [0.15, 0.2) is 6.61 Å². The van der Waals surface area contributed by atoms with Crippen molar-refractivity contribution in [1.82, 2.24) is 10.7 Å². The van der Waals surface area contributed by atoms with Gasteiger partial charge in [-0.3, -0.25) is 24.5 Å². The Hall–Kier alpha value is -5.06. The van der Waals surface area contributed by atoms with Gasteiger partial charge in [0, 0.05) is 24.4 Å². The molecule has 3 rings (SSSR count). The lowest BCUT2D eigenvalue weighted by atomic mass is 10.2. The summed E-state index contributed by atoms with van der Waals surface area (Å²) in [4.78, 5) is 45.7. The predicted molar refractivity (Wildman–Crippen MR) is 128 cm³/mol. The number of rotatable bonds is 9. The van der Waals surface area contributed by atoms with Crippen LogP contribution in [0.1, 0.15) is 11.1 Å². The highest BCUT2D eigenvalue weighted by molar-refractivity contribution is 6.39. The molecule has 0 atom stereocenters. The molecule has 35 heavy (non-hydrogen) atoms. The highest BCUT2D eigenvalue weighted by Gasteiger charge is 2.13. The van der Waals surface area contributed by atoms with Crippen molar-refractivity contribution in [3.05, 3.63) is 100 Å². The molecule has 0 saturated carbocycles. The van der Waals surface area contributed by atoms with Crippen molar-refractivity contribution in [3.63, 3.8) is 0 Å². The van der Waals surface area contributed by atoms with E-state index in [0.29, 0.717) is 17.9 Å². The number of hydrazone groups is 1. The number of amides is 3. The van der Waals surface area contributed by atoms with Gasteiger partial charge in [-0.1, -0.05) is 30.3 Å². The number of nitro benzene ring substituents is 1. The zero-order valence-corrected chi connectivity index (χ0v) is 18.3. The second-order valence-corrected chi connectivity index (χ2v) is 7.08. The van der Waals surface area contributed by atoms with E-state index >= 15 is 0 Å². The number of nitrogens with zero attached hydrogens (tertiary/aromatic N) is 2. The molecule has 0 unspecified atom stereocenters. The first-order valence-electron chi connectivity index (χ1n) is 10.3. The summed E-state index contributed by atoms with van der Waals surface area (Å²) in [5, 5.41) is 19.4. The summed E-state index contributed by atoms with van der Waals surface area (Å²) < 4.78 is 5.45. The van der Waals surface area contributed by atoms with E-state index in [1.807, 2.05) is 30.3 Å². The van der Waals surface area contributed by atoms with Crippen molar-refractivity contribution in [3.8, 4) is 5.75 Å². The molecule has 0 aliphatic heterocycles. The highest BCUT2D eigenvalue weighted by atomic mass is 16.6. The maximum Gasteiger partial charge on any atom is 0.329 e. The number of benzene rings is 3. The molecule has 11 nitrogen and oxygen atoms in total. The smallest absolute Gasteiger partial charge is 0.329 e. The molecule has 3 aromatic carbocycles. The van der Waals surface area contributed by atoms with Gasteiger partial charge in [0.2, 0.25) is 0 Å². The summed E-state index contributed by atoms with van der Waals surface area (Å²) in [5.74, 6) is -1.77. The Bertz CT molecular complexity index is 1210. The zero-order chi connectivity index (χ0) is 25.0. The largest absolute Gasteiger partial charge is 0.484 e. The van der Waals surface area contributed by atoms with Crippen LogP contribution >= 0.6 is 0 Å². The zero-order valence-electron chi connectivity index (χ0n) is 18.3. The molecule has 3 amide bonds. The summed E-state index contributed by atoms with van der Waals surface area (Å²) in [6.45, 7) is 0.274. The molecular weight excluding hydrogens is 454 g/mol. The topological polar surface area (TPSA) is 152 Å². The van der Waals surface area contributed by atoms with Crippen LogP contribution in [0.25, 0.3) is 0 Å². The molecule has 3 aromatic rings.